The Bertz CT molecular complexity index is 497. The van der Waals surface area contributed by atoms with E-state index in [0.29, 0.717) is 13.0 Å². The Morgan fingerprint density at radius 2 is 2.16 bits per heavy atom. The summed E-state index contributed by atoms with van der Waals surface area (Å²) < 4.78 is 0. The van der Waals surface area contributed by atoms with Gasteiger partial charge in [-0.2, -0.15) is 0 Å². The molecule has 1 heterocycles. The van der Waals surface area contributed by atoms with Crippen LogP contribution in [0.4, 0.5) is 5.69 Å². The zero-order valence-corrected chi connectivity index (χ0v) is 11.6. The Balaban J connectivity index is 2.10. The maximum atomic E-state index is 12.0. The third kappa shape index (κ3) is 3.13. The van der Waals surface area contributed by atoms with Crippen LogP contribution in [0.2, 0.25) is 0 Å². The van der Waals surface area contributed by atoms with E-state index in [1.807, 2.05) is 45.0 Å². The summed E-state index contributed by atoms with van der Waals surface area (Å²) in [4.78, 5) is 25.7. The monoisotopic (exact) mass is 260 g/mol. The number of hydrogen-bond donors (Lipinski definition) is 1. The van der Waals surface area contributed by atoms with Gasteiger partial charge in [0.15, 0.2) is 0 Å². The molecule has 4 nitrogen and oxygen atoms in total. The highest BCUT2D eigenvalue weighted by molar-refractivity contribution is 6.00. The van der Waals surface area contributed by atoms with E-state index in [-0.39, 0.29) is 23.8 Å². The molecule has 1 saturated heterocycles. The summed E-state index contributed by atoms with van der Waals surface area (Å²) in [5.74, 6) is -0.247. The van der Waals surface area contributed by atoms with Crippen molar-refractivity contribution in [1.82, 2.24) is 5.32 Å². The van der Waals surface area contributed by atoms with Crippen LogP contribution < -0.4 is 10.2 Å². The number of rotatable bonds is 3. The Morgan fingerprint density at radius 1 is 1.42 bits per heavy atom. The number of hydrogen-bond acceptors (Lipinski definition) is 2. The van der Waals surface area contributed by atoms with Crippen LogP contribution in [0.1, 0.15) is 25.8 Å². The number of benzene rings is 1. The number of nitrogens with one attached hydrogen (secondary N) is 1. The van der Waals surface area contributed by atoms with Gasteiger partial charge in [-0.3, -0.25) is 9.59 Å². The first-order valence-corrected chi connectivity index (χ1v) is 6.65. The van der Waals surface area contributed by atoms with Gasteiger partial charge in [0.1, 0.15) is 0 Å². The van der Waals surface area contributed by atoms with Gasteiger partial charge >= 0.3 is 0 Å². The van der Waals surface area contributed by atoms with Crippen molar-refractivity contribution in [1.29, 1.82) is 0 Å². The topological polar surface area (TPSA) is 49.4 Å². The molecule has 0 aromatic heterocycles. The van der Waals surface area contributed by atoms with E-state index < -0.39 is 0 Å². The number of aryl methyl sites for hydroxylation is 1. The highest BCUT2D eigenvalue weighted by Gasteiger charge is 2.35. The minimum atomic E-state index is -0.240. The lowest BCUT2D eigenvalue weighted by Gasteiger charge is -2.17. The molecule has 0 saturated carbocycles. The van der Waals surface area contributed by atoms with Gasteiger partial charge in [-0.15, -0.1) is 0 Å². The molecule has 1 N–H and O–H groups in total. The smallest absolute Gasteiger partial charge is 0.227 e. The summed E-state index contributed by atoms with van der Waals surface area (Å²) >= 11 is 0. The van der Waals surface area contributed by atoms with Crippen LogP contribution in [-0.4, -0.2) is 24.4 Å². The van der Waals surface area contributed by atoms with Gasteiger partial charge in [-0.25, -0.2) is 0 Å². The molecule has 1 fully saturated rings. The van der Waals surface area contributed by atoms with E-state index in [1.54, 1.807) is 4.90 Å². The quantitative estimate of drug-likeness (QED) is 0.902. The third-order valence-corrected chi connectivity index (χ3v) is 3.24. The van der Waals surface area contributed by atoms with Gasteiger partial charge in [0, 0.05) is 24.7 Å². The summed E-state index contributed by atoms with van der Waals surface area (Å²) in [6.07, 6.45) is 0.298. The Kier molecular flexibility index (Phi) is 3.88. The van der Waals surface area contributed by atoms with Gasteiger partial charge < -0.3 is 10.2 Å². The molecule has 2 amide bonds. The molecule has 19 heavy (non-hydrogen) atoms. The fraction of sp³-hybridized carbons (Fsp3) is 0.467. The number of nitrogens with zero attached hydrogens (tertiary/aromatic N) is 1. The van der Waals surface area contributed by atoms with E-state index in [1.165, 1.54) is 0 Å². The van der Waals surface area contributed by atoms with Crippen molar-refractivity contribution in [3.8, 4) is 0 Å². The largest absolute Gasteiger partial charge is 0.354 e. The minimum absolute atomic E-state index is 0.0227. The molecule has 1 aromatic rings. The van der Waals surface area contributed by atoms with Gasteiger partial charge in [0.05, 0.1) is 5.92 Å². The number of carbonyl (C=O) groups excluding carboxylic acids is 2. The fourth-order valence-corrected chi connectivity index (χ4v) is 2.33. The summed E-state index contributed by atoms with van der Waals surface area (Å²) in [6.45, 7) is 6.31. The molecule has 2 rings (SSSR count). The molecule has 1 aliphatic rings. The predicted octanol–water partition coefficient (Wildman–Crippen LogP) is 1.87. The Labute approximate surface area is 113 Å². The van der Waals surface area contributed by atoms with Crippen molar-refractivity contribution in [2.24, 2.45) is 5.92 Å². The lowest BCUT2D eigenvalue weighted by atomic mass is 10.1. The average Bonchev–Trinajstić information content (AvgIpc) is 2.70. The molecule has 0 bridgehead atoms. The first kappa shape index (κ1) is 13.6. The molecule has 0 spiro atoms. The molecule has 0 aliphatic carbocycles. The zero-order valence-electron chi connectivity index (χ0n) is 11.6. The lowest BCUT2D eigenvalue weighted by molar-refractivity contribution is -0.126. The zero-order chi connectivity index (χ0) is 14.0. The number of carbonyl (C=O) groups is 2. The number of anilines is 1. The van der Waals surface area contributed by atoms with Crippen LogP contribution in [0.15, 0.2) is 24.3 Å². The van der Waals surface area contributed by atoms with Crippen LogP contribution in [-0.2, 0) is 9.59 Å². The minimum Gasteiger partial charge on any atom is -0.354 e. The molecule has 1 aliphatic heterocycles. The third-order valence-electron chi connectivity index (χ3n) is 3.24. The van der Waals surface area contributed by atoms with Crippen LogP contribution in [0.5, 0.6) is 0 Å². The molecule has 0 radical (unpaired) electrons. The van der Waals surface area contributed by atoms with Crippen LogP contribution in [0.3, 0.4) is 0 Å². The van der Waals surface area contributed by atoms with E-state index in [0.717, 1.165) is 11.3 Å². The van der Waals surface area contributed by atoms with E-state index in [9.17, 15) is 9.59 Å². The Morgan fingerprint density at radius 3 is 2.79 bits per heavy atom. The van der Waals surface area contributed by atoms with Gasteiger partial charge in [0.2, 0.25) is 11.8 Å². The van der Waals surface area contributed by atoms with Crippen molar-refractivity contribution < 1.29 is 9.59 Å². The second-order valence-corrected chi connectivity index (χ2v) is 5.41. The van der Waals surface area contributed by atoms with E-state index >= 15 is 0 Å². The van der Waals surface area contributed by atoms with Crippen LogP contribution in [0, 0.1) is 12.8 Å². The van der Waals surface area contributed by atoms with Gasteiger partial charge in [-0.1, -0.05) is 12.1 Å². The Hall–Kier alpha value is -1.84. The molecule has 0 unspecified atom stereocenters. The standard InChI is InChI=1S/C15H20N2O2/c1-10(2)16-15(19)12-8-14(18)17(9-12)13-6-4-5-11(3)7-13/h4-7,10,12H,8-9H2,1-3H3,(H,16,19)/t12-/m1/s1. The number of amides is 2. The first-order chi connectivity index (χ1) is 8.97. The fourth-order valence-electron chi connectivity index (χ4n) is 2.33. The molecule has 1 aromatic carbocycles. The van der Waals surface area contributed by atoms with Gasteiger partial charge in [-0.05, 0) is 38.5 Å². The van der Waals surface area contributed by atoms with E-state index in [4.69, 9.17) is 0 Å². The first-order valence-electron chi connectivity index (χ1n) is 6.65. The SMILES string of the molecule is Cc1cccc(N2C[C@H](C(=O)NC(C)C)CC2=O)c1. The second-order valence-electron chi connectivity index (χ2n) is 5.41. The van der Waals surface area contributed by atoms with Gasteiger partial charge in [0.25, 0.3) is 0 Å². The van der Waals surface area contributed by atoms with Crippen LogP contribution in [0.25, 0.3) is 0 Å². The maximum absolute atomic E-state index is 12.0. The van der Waals surface area contributed by atoms with Crippen molar-refractivity contribution in [2.75, 3.05) is 11.4 Å². The van der Waals surface area contributed by atoms with Crippen molar-refractivity contribution >= 4 is 17.5 Å². The molecule has 102 valence electrons. The van der Waals surface area contributed by atoms with Crippen molar-refractivity contribution in [2.45, 2.75) is 33.2 Å². The average molecular weight is 260 g/mol. The molecular weight excluding hydrogens is 240 g/mol. The molecule has 4 heteroatoms. The van der Waals surface area contributed by atoms with E-state index in [2.05, 4.69) is 5.32 Å². The second kappa shape index (κ2) is 5.43. The van der Waals surface area contributed by atoms with Crippen LogP contribution >= 0.6 is 0 Å². The van der Waals surface area contributed by atoms with Crippen molar-refractivity contribution in [3.63, 3.8) is 0 Å². The molecular formula is C15H20N2O2. The maximum Gasteiger partial charge on any atom is 0.227 e. The predicted molar refractivity (Wildman–Crippen MR) is 74.9 cm³/mol. The highest BCUT2D eigenvalue weighted by Crippen LogP contribution is 2.25. The lowest BCUT2D eigenvalue weighted by Crippen LogP contribution is -2.36. The summed E-state index contributed by atoms with van der Waals surface area (Å²) in [7, 11) is 0. The molecule has 1 atom stereocenters. The normalized spacial score (nSPS) is 19.1. The summed E-state index contributed by atoms with van der Waals surface area (Å²) in [6, 6.07) is 7.91. The summed E-state index contributed by atoms with van der Waals surface area (Å²) in [5, 5.41) is 2.87. The highest BCUT2D eigenvalue weighted by atomic mass is 16.2. The van der Waals surface area contributed by atoms with Crippen molar-refractivity contribution in [3.05, 3.63) is 29.8 Å². The summed E-state index contributed by atoms with van der Waals surface area (Å²) in [5.41, 5.74) is 1.99.